The Morgan fingerprint density at radius 1 is 1.33 bits per heavy atom. The third kappa shape index (κ3) is 4.43. The second kappa shape index (κ2) is 6.57. The molecule has 0 amide bonds. The molecule has 1 aromatic rings. The van der Waals surface area contributed by atoms with Crippen LogP contribution in [0.3, 0.4) is 0 Å². The number of aryl methyl sites for hydroxylation is 1. The molecule has 2 nitrogen and oxygen atoms in total. The summed E-state index contributed by atoms with van der Waals surface area (Å²) in [6.07, 6.45) is 5.44. The Morgan fingerprint density at radius 2 is 2.13 bits per heavy atom. The summed E-state index contributed by atoms with van der Waals surface area (Å²) >= 11 is 0. The molecule has 0 spiro atoms. The summed E-state index contributed by atoms with van der Waals surface area (Å²) in [6, 6.07) is 4.85. The summed E-state index contributed by atoms with van der Waals surface area (Å²) in [5.41, 5.74) is 2.43. The Labute approximate surface area is 93.1 Å². The van der Waals surface area contributed by atoms with Crippen molar-refractivity contribution in [1.29, 1.82) is 0 Å². The topological polar surface area (TPSA) is 24.9 Å². The van der Waals surface area contributed by atoms with Crippen molar-refractivity contribution in [2.24, 2.45) is 0 Å². The first-order chi connectivity index (χ1) is 7.26. The van der Waals surface area contributed by atoms with Crippen LogP contribution in [0.15, 0.2) is 18.3 Å². The number of aromatic nitrogens is 1. The van der Waals surface area contributed by atoms with Crippen LogP contribution < -0.4 is 5.32 Å². The fourth-order valence-corrected chi connectivity index (χ4v) is 1.79. The summed E-state index contributed by atoms with van der Waals surface area (Å²) in [6.45, 7) is 7.50. The minimum atomic E-state index is 0.579. The lowest BCUT2D eigenvalue weighted by Crippen LogP contribution is -2.31. The van der Waals surface area contributed by atoms with Gasteiger partial charge in [-0.05, 0) is 31.5 Å². The summed E-state index contributed by atoms with van der Waals surface area (Å²) in [4.78, 5) is 4.44. The van der Waals surface area contributed by atoms with Crippen LogP contribution in [-0.4, -0.2) is 17.6 Å². The molecule has 0 aliphatic heterocycles. The molecule has 1 N–H and O–H groups in total. The summed E-state index contributed by atoms with van der Waals surface area (Å²) in [5.74, 6) is 0. The first-order valence-electron chi connectivity index (χ1n) is 5.91. The van der Waals surface area contributed by atoms with E-state index < -0.39 is 0 Å². The van der Waals surface area contributed by atoms with E-state index in [4.69, 9.17) is 0 Å². The van der Waals surface area contributed by atoms with Gasteiger partial charge in [0.05, 0.1) is 0 Å². The molecule has 0 saturated carbocycles. The number of rotatable bonds is 6. The van der Waals surface area contributed by atoms with E-state index in [2.05, 4.69) is 43.2 Å². The molecule has 0 saturated heterocycles. The van der Waals surface area contributed by atoms with Gasteiger partial charge < -0.3 is 5.32 Å². The second-order valence-electron chi connectivity index (χ2n) is 4.07. The van der Waals surface area contributed by atoms with Gasteiger partial charge in [-0.15, -0.1) is 0 Å². The average molecular weight is 206 g/mol. The minimum Gasteiger partial charge on any atom is -0.314 e. The van der Waals surface area contributed by atoms with Crippen LogP contribution in [0.2, 0.25) is 0 Å². The highest BCUT2D eigenvalue weighted by Crippen LogP contribution is 2.06. The van der Waals surface area contributed by atoms with Gasteiger partial charge in [0.1, 0.15) is 0 Å². The maximum absolute atomic E-state index is 4.44. The third-order valence-corrected chi connectivity index (χ3v) is 2.56. The molecular weight excluding hydrogens is 184 g/mol. The second-order valence-corrected chi connectivity index (χ2v) is 4.07. The number of hydrogen-bond acceptors (Lipinski definition) is 2. The van der Waals surface area contributed by atoms with Gasteiger partial charge in [-0.2, -0.15) is 0 Å². The third-order valence-electron chi connectivity index (χ3n) is 2.56. The Morgan fingerprint density at radius 3 is 2.67 bits per heavy atom. The molecule has 1 rings (SSSR count). The van der Waals surface area contributed by atoms with Crippen LogP contribution in [0.5, 0.6) is 0 Å². The van der Waals surface area contributed by atoms with Crippen LogP contribution >= 0.6 is 0 Å². The average Bonchev–Trinajstić information content (AvgIpc) is 2.22. The highest BCUT2D eigenvalue weighted by molar-refractivity contribution is 5.13. The van der Waals surface area contributed by atoms with Gasteiger partial charge in [-0.1, -0.05) is 26.3 Å². The van der Waals surface area contributed by atoms with Gasteiger partial charge in [0.15, 0.2) is 0 Å². The molecule has 0 fully saturated rings. The number of hydrogen-bond donors (Lipinski definition) is 1. The van der Waals surface area contributed by atoms with E-state index in [9.17, 15) is 0 Å². The van der Waals surface area contributed by atoms with Crippen molar-refractivity contribution in [3.05, 3.63) is 29.6 Å². The predicted molar refractivity (Wildman–Crippen MR) is 65.1 cm³/mol. The highest BCUT2D eigenvalue weighted by atomic mass is 14.9. The van der Waals surface area contributed by atoms with E-state index in [1.54, 1.807) is 0 Å². The monoisotopic (exact) mass is 206 g/mol. The molecule has 0 aliphatic carbocycles. The summed E-state index contributed by atoms with van der Waals surface area (Å²) in [7, 11) is 0. The van der Waals surface area contributed by atoms with Crippen molar-refractivity contribution in [2.45, 2.75) is 46.1 Å². The van der Waals surface area contributed by atoms with Gasteiger partial charge in [-0.25, -0.2) is 0 Å². The maximum atomic E-state index is 4.44. The van der Waals surface area contributed by atoms with Crippen LogP contribution in [0, 0.1) is 6.92 Å². The van der Waals surface area contributed by atoms with Gasteiger partial charge in [-0.3, -0.25) is 4.98 Å². The van der Waals surface area contributed by atoms with Crippen molar-refractivity contribution in [3.63, 3.8) is 0 Å². The lowest BCUT2D eigenvalue weighted by molar-refractivity contribution is 0.482. The van der Waals surface area contributed by atoms with Gasteiger partial charge >= 0.3 is 0 Å². The molecule has 1 unspecified atom stereocenters. The van der Waals surface area contributed by atoms with E-state index in [1.807, 2.05) is 6.20 Å². The molecule has 15 heavy (non-hydrogen) atoms. The summed E-state index contributed by atoms with van der Waals surface area (Å²) in [5, 5.41) is 3.51. The van der Waals surface area contributed by atoms with Crippen molar-refractivity contribution < 1.29 is 0 Å². The fourth-order valence-electron chi connectivity index (χ4n) is 1.79. The van der Waals surface area contributed by atoms with Crippen molar-refractivity contribution in [1.82, 2.24) is 10.3 Å². The Balaban J connectivity index is 2.53. The predicted octanol–water partition coefficient (Wildman–Crippen LogP) is 2.71. The number of likely N-dealkylation sites (N-methyl/N-ethyl adjacent to an activating group) is 1. The van der Waals surface area contributed by atoms with Crippen molar-refractivity contribution in [3.8, 4) is 0 Å². The Hall–Kier alpha value is -0.890. The SMILES string of the molecule is CCCC(Cc1ccc(C)cn1)NCC. The van der Waals surface area contributed by atoms with Crippen LogP contribution in [0.4, 0.5) is 0 Å². The van der Waals surface area contributed by atoms with E-state index in [0.717, 1.165) is 13.0 Å². The lowest BCUT2D eigenvalue weighted by atomic mass is 10.1. The highest BCUT2D eigenvalue weighted by Gasteiger charge is 2.07. The van der Waals surface area contributed by atoms with E-state index >= 15 is 0 Å². The minimum absolute atomic E-state index is 0.579. The maximum Gasteiger partial charge on any atom is 0.0419 e. The molecule has 0 aromatic carbocycles. The molecule has 84 valence electrons. The largest absolute Gasteiger partial charge is 0.314 e. The summed E-state index contributed by atoms with van der Waals surface area (Å²) < 4.78 is 0. The van der Waals surface area contributed by atoms with Gasteiger partial charge in [0.2, 0.25) is 0 Å². The molecule has 1 aromatic heterocycles. The lowest BCUT2D eigenvalue weighted by Gasteiger charge is -2.16. The molecular formula is C13H22N2. The van der Waals surface area contributed by atoms with E-state index in [-0.39, 0.29) is 0 Å². The normalized spacial score (nSPS) is 12.7. The fraction of sp³-hybridized carbons (Fsp3) is 0.615. The van der Waals surface area contributed by atoms with Gasteiger partial charge in [0, 0.05) is 24.4 Å². The zero-order chi connectivity index (χ0) is 11.1. The molecule has 2 heteroatoms. The standard InChI is InChI=1S/C13H22N2/c1-4-6-12(14-5-2)9-13-8-7-11(3)10-15-13/h7-8,10,12,14H,4-6,9H2,1-3H3. The quantitative estimate of drug-likeness (QED) is 0.774. The van der Waals surface area contributed by atoms with E-state index in [0.29, 0.717) is 6.04 Å². The van der Waals surface area contributed by atoms with Crippen molar-refractivity contribution >= 4 is 0 Å². The molecule has 1 heterocycles. The Kier molecular flexibility index (Phi) is 5.33. The number of nitrogens with one attached hydrogen (secondary N) is 1. The van der Waals surface area contributed by atoms with Crippen LogP contribution in [0.1, 0.15) is 37.9 Å². The van der Waals surface area contributed by atoms with E-state index in [1.165, 1.54) is 24.1 Å². The molecule has 0 aliphatic rings. The Bertz CT molecular complexity index is 260. The van der Waals surface area contributed by atoms with Gasteiger partial charge in [0.25, 0.3) is 0 Å². The smallest absolute Gasteiger partial charge is 0.0419 e. The first-order valence-corrected chi connectivity index (χ1v) is 5.91. The molecule has 0 radical (unpaired) electrons. The molecule has 0 bridgehead atoms. The van der Waals surface area contributed by atoms with Crippen LogP contribution in [-0.2, 0) is 6.42 Å². The zero-order valence-corrected chi connectivity index (χ0v) is 10.1. The van der Waals surface area contributed by atoms with Crippen molar-refractivity contribution in [2.75, 3.05) is 6.54 Å². The molecule has 1 atom stereocenters. The number of pyridine rings is 1. The zero-order valence-electron chi connectivity index (χ0n) is 10.1. The number of nitrogens with zero attached hydrogens (tertiary/aromatic N) is 1. The van der Waals surface area contributed by atoms with Crippen LogP contribution in [0.25, 0.3) is 0 Å². The first kappa shape index (κ1) is 12.2.